The number of carbonyl (C=O) groups excluding carboxylic acids is 2. The molecule has 1 aliphatic heterocycles. The molecule has 0 atom stereocenters. The summed E-state index contributed by atoms with van der Waals surface area (Å²) in [5, 5.41) is 1.64. The number of hydrogen-bond acceptors (Lipinski definition) is 3. The summed E-state index contributed by atoms with van der Waals surface area (Å²) < 4.78 is 50.4. The van der Waals surface area contributed by atoms with Gasteiger partial charge in [0.1, 0.15) is 5.82 Å². The second-order valence-electron chi connectivity index (χ2n) is 5.45. The predicted octanol–water partition coefficient (Wildman–Crippen LogP) is 1.67. The first-order valence-electron chi connectivity index (χ1n) is 7.32. The lowest BCUT2D eigenvalue weighted by atomic mass is 10.1. The summed E-state index contributed by atoms with van der Waals surface area (Å²) >= 11 is 0. The molecule has 1 aromatic rings. The lowest BCUT2D eigenvalue weighted by Gasteiger charge is -2.35. The number of amides is 2. The number of halogens is 4. The second-order valence-corrected chi connectivity index (χ2v) is 5.45. The summed E-state index contributed by atoms with van der Waals surface area (Å²) in [4.78, 5) is 25.6. The fourth-order valence-corrected chi connectivity index (χ4v) is 2.43. The van der Waals surface area contributed by atoms with Crippen LogP contribution in [0.1, 0.15) is 12.5 Å². The molecule has 1 aliphatic rings. The molecule has 0 aliphatic carbocycles. The number of nitrogens with one attached hydrogen (secondary N) is 1. The molecule has 5 nitrogen and oxygen atoms in total. The maximum atomic E-state index is 14.0. The van der Waals surface area contributed by atoms with Crippen molar-refractivity contribution in [2.75, 3.05) is 31.1 Å². The molecular weight excluding hydrogens is 330 g/mol. The molecule has 0 unspecified atom stereocenters. The Bertz CT molecular complexity index is 626. The number of hydrogen-bond donors (Lipinski definition) is 1. The minimum atomic E-state index is -4.99. The molecular formula is C15H17F4N3O2. The third-order valence-electron chi connectivity index (χ3n) is 3.82. The molecule has 0 saturated carbocycles. The monoisotopic (exact) mass is 347 g/mol. The molecule has 2 amide bonds. The molecule has 1 saturated heterocycles. The molecule has 24 heavy (non-hydrogen) atoms. The Hall–Kier alpha value is -2.32. The number of benzene rings is 1. The molecule has 2 rings (SSSR count). The van der Waals surface area contributed by atoms with Crippen molar-refractivity contribution in [2.24, 2.45) is 0 Å². The Balaban J connectivity index is 1.97. The van der Waals surface area contributed by atoms with Gasteiger partial charge >= 0.3 is 12.1 Å². The zero-order valence-corrected chi connectivity index (χ0v) is 13.0. The molecule has 1 aromatic carbocycles. The molecule has 0 bridgehead atoms. The number of rotatable bonds is 3. The minimum Gasteiger partial charge on any atom is -0.368 e. The van der Waals surface area contributed by atoms with E-state index >= 15 is 0 Å². The summed E-state index contributed by atoms with van der Waals surface area (Å²) in [6.45, 7) is 3.09. The summed E-state index contributed by atoms with van der Waals surface area (Å²) in [5.41, 5.74) is 0.556. The summed E-state index contributed by atoms with van der Waals surface area (Å²) in [5.74, 6) is -2.81. The highest BCUT2D eigenvalue weighted by Gasteiger charge is 2.38. The molecule has 1 fully saturated rings. The zero-order valence-electron chi connectivity index (χ0n) is 13.0. The Morgan fingerprint density at radius 3 is 2.29 bits per heavy atom. The van der Waals surface area contributed by atoms with Gasteiger partial charge in [0, 0.05) is 50.9 Å². The van der Waals surface area contributed by atoms with Gasteiger partial charge in [-0.1, -0.05) is 6.07 Å². The Morgan fingerprint density at radius 2 is 1.79 bits per heavy atom. The lowest BCUT2D eigenvalue weighted by molar-refractivity contribution is -0.173. The molecule has 9 heteroatoms. The number of anilines is 1. The van der Waals surface area contributed by atoms with Crippen LogP contribution in [0.3, 0.4) is 0 Å². The van der Waals surface area contributed by atoms with E-state index in [0.29, 0.717) is 31.9 Å². The van der Waals surface area contributed by atoms with Crippen molar-refractivity contribution in [3.8, 4) is 0 Å². The fraction of sp³-hybridized carbons (Fsp3) is 0.467. The summed E-state index contributed by atoms with van der Waals surface area (Å²) in [7, 11) is 0. The number of piperazine rings is 1. The highest BCUT2D eigenvalue weighted by atomic mass is 19.4. The van der Waals surface area contributed by atoms with Gasteiger partial charge in [-0.05, 0) is 12.1 Å². The molecule has 1 heterocycles. The molecule has 1 N–H and O–H groups in total. The average molecular weight is 347 g/mol. The Morgan fingerprint density at radius 1 is 1.17 bits per heavy atom. The maximum absolute atomic E-state index is 14.0. The van der Waals surface area contributed by atoms with E-state index in [-0.39, 0.29) is 11.5 Å². The largest absolute Gasteiger partial charge is 0.471 e. The fourth-order valence-electron chi connectivity index (χ4n) is 2.43. The van der Waals surface area contributed by atoms with Crippen LogP contribution in [0.4, 0.5) is 23.2 Å². The van der Waals surface area contributed by atoms with Gasteiger partial charge in [-0.25, -0.2) is 4.39 Å². The van der Waals surface area contributed by atoms with Gasteiger partial charge in [-0.3, -0.25) is 9.59 Å². The molecule has 0 radical (unpaired) electrons. The van der Waals surface area contributed by atoms with E-state index in [1.165, 1.54) is 19.1 Å². The smallest absolute Gasteiger partial charge is 0.368 e. The van der Waals surface area contributed by atoms with Gasteiger partial charge in [-0.15, -0.1) is 0 Å². The van der Waals surface area contributed by atoms with Crippen molar-refractivity contribution in [1.29, 1.82) is 0 Å². The van der Waals surface area contributed by atoms with E-state index in [1.54, 1.807) is 16.3 Å². The lowest BCUT2D eigenvalue weighted by Crippen LogP contribution is -2.48. The van der Waals surface area contributed by atoms with Crippen molar-refractivity contribution in [2.45, 2.75) is 19.6 Å². The number of alkyl halides is 3. The van der Waals surface area contributed by atoms with E-state index in [2.05, 4.69) is 0 Å². The van der Waals surface area contributed by atoms with Gasteiger partial charge in [-0.2, -0.15) is 13.2 Å². The summed E-state index contributed by atoms with van der Waals surface area (Å²) in [6, 6.07) is 4.15. The van der Waals surface area contributed by atoms with Crippen LogP contribution in [-0.2, 0) is 16.1 Å². The molecule has 0 aromatic heterocycles. The van der Waals surface area contributed by atoms with Crippen LogP contribution in [0.15, 0.2) is 18.2 Å². The second kappa shape index (κ2) is 7.06. The highest BCUT2D eigenvalue weighted by molar-refractivity contribution is 5.81. The SMILES string of the molecule is CC(=O)N1CCN(c2ccc(CNC(=O)C(F)(F)F)c(F)c2)CC1. The van der Waals surface area contributed by atoms with E-state index in [1.807, 2.05) is 4.90 Å². The van der Waals surface area contributed by atoms with Crippen molar-refractivity contribution in [1.82, 2.24) is 10.2 Å². The predicted molar refractivity (Wildman–Crippen MR) is 78.8 cm³/mol. The average Bonchev–Trinajstić information content (AvgIpc) is 2.52. The number of nitrogens with zero attached hydrogens (tertiary/aromatic N) is 2. The first-order chi connectivity index (χ1) is 11.2. The third kappa shape index (κ3) is 4.36. The Labute approximate surface area is 136 Å². The Kier molecular flexibility index (Phi) is 5.30. The standard InChI is InChI=1S/C15H17F4N3O2/c1-10(23)21-4-6-22(7-5-21)12-3-2-11(13(16)8-12)9-20-14(24)15(17,18)19/h2-3,8H,4-7,9H2,1H3,(H,20,24). The van der Waals surface area contributed by atoms with Crippen molar-refractivity contribution in [3.63, 3.8) is 0 Å². The first kappa shape index (κ1) is 18.0. The van der Waals surface area contributed by atoms with Gasteiger partial charge in [0.15, 0.2) is 0 Å². The van der Waals surface area contributed by atoms with Crippen LogP contribution < -0.4 is 10.2 Å². The van der Waals surface area contributed by atoms with Crippen molar-refractivity contribution in [3.05, 3.63) is 29.6 Å². The van der Waals surface area contributed by atoms with E-state index in [9.17, 15) is 27.2 Å². The summed E-state index contributed by atoms with van der Waals surface area (Å²) in [6.07, 6.45) is -4.99. The van der Waals surface area contributed by atoms with Gasteiger partial charge in [0.2, 0.25) is 5.91 Å². The minimum absolute atomic E-state index is 0.0171. The quantitative estimate of drug-likeness (QED) is 0.847. The highest BCUT2D eigenvalue weighted by Crippen LogP contribution is 2.21. The van der Waals surface area contributed by atoms with Crippen LogP contribution in [0.2, 0.25) is 0 Å². The first-order valence-corrected chi connectivity index (χ1v) is 7.32. The van der Waals surface area contributed by atoms with Crippen LogP contribution in [-0.4, -0.2) is 49.1 Å². The third-order valence-corrected chi connectivity index (χ3v) is 3.82. The van der Waals surface area contributed by atoms with Crippen LogP contribution in [0.5, 0.6) is 0 Å². The molecule has 132 valence electrons. The van der Waals surface area contributed by atoms with Gasteiger partial charge < -0.3 is 15.1 Å². The maximum Gasteiger partial charge on any atom is 0.471 e. The van der Waals surface area contributed by atoms with Crippen molar-refractivity contribution < 1.29 is 27.2 Å². The van der Waals surface area contributed by atoms with Gasteiger partial charge in [0.05, 0.1) is 0 Å². The van der Waals surface area contributed by atoms with Crippen LogP contribution in [0, 0.1) is 5.82 Å². The van der Waals surface area contributed by atoms with E-state index in [0.717, 1.165) is 0 Å². The topological polar surface area (TPSA) is 52.7 Å². The van der Waals surface area contributed by atoms with E-state index in [4.69, 9.17) is 0 Å². The normalized spacial score (nSPS) is 15.4. The van der Waals surface area contributed by atoms with Gasteiger partial charge in [0.25, 0.3) is 0 Å². The zero-order chi connectivity index (χ0) is 17.9. The van der Waals surface area contributed by atoms with Crippen molar-refractivity contribution >= 4 is 17.5 Å². The van der Waals surface area contributed by atoms with Crippen LogP contribution >= 0.6 is 0 Å². The molecule has 0 spiro atoms. The number of carbonyl (C=O) groups is 2. The van der Waals surface area contributed by atoms with Crippen LogP contribution in [0.25, 0.3) is 0 Å². The van der Waals surface area contributed by atoms with E-state index < -0.39 is 24.4 Å².